The first-order valence-corrected chi connectivity index (χ1v) is 8.00. The molecule has 2 atom stereocenters. The fourth-order valence-corrected chi connectivity index (χ4v) is 3.87. The van der Waals surface area contributed by atoms with E-state index in [1.165, 1.54) is 25.7 Å². The molecular formula is C13H19N7S. The summed E-state index contributed by atoms with van der Waals surface area (Å²) in [7, 11) is 0. The molecule has 1 fully saturated rings. The van der Waals surface area contributed by atoms with Crippen molar-refractivity contribution in [2.45, 2.75) is 43.0 Å². The van der Waals surface area contributed by atoms with Gasteiger partial charge >= 0.3 is 0 Å². The number of nitrogens with two attached hydrogens (primary N) is 1. The molecule has 1 saturated carbocycles. The van der Waals surface area contributed by atoms with Crippen molar-refractivity contribution in [3.8, 4) is 5.95 Å². The van der Waals surface area contributed by atoms with Gasteiger partial charge in [0.15, 0.2) is 5.16 Å². The lowest BCUT2D eigenvalue weighted by Gasteiger charge is -2.25. The lowest BCUT2D eigenvalue weighted by Crippen LogP contribution is -2.17. The fraction of sp³-hybridized carbons (Fsp3) is 0.538. The summed E-state index contributed by atoms with van der Waals surface area (Å²) >= 11 is 1.72. The molecule has 8 heteroatoms. The van der Waals surface area contributed by atoms with Crippen LogP contribution in [0.15, 0.2) is 23.9 Å². The minimum Gasteiger partial charge on any atom is -0.292 e. The highest BCUT2D eigenvalue weighted by Crippen LogP contribution is 2.34. The highest BCUT2D eigenvalue weighted by Gasteiger charge is 2.21. The Morgan fingerprint density at radius 2 is 2.24 bits per heavy atom. The van der Waals surface area contributed by atoms with E-state index in [-0.39, 0.29) is 0 Å². The molecule has 0 radical (unpaired) electrons. The van der Waals surface area contributed by atoms with E-state index in [0.717, 1.165) is 5.92 Å². The van der Waals surface area contributed by atoms with Crippen LogP contribution in [0.1, 0.15) is 32.6 Å². The third kappa shape index (κ3) is 3.51. The molecule has 3 N–H and O–H groups in total. The maximum atomic E-state index is 5.46. The number of hydrogen-bond donors (Lipinski definition) is 2. The molecule has 0 spiro atoms. The van der Waals surface area contributed by atoms with Gasteiger partial charge in [-0.3, -0.25) is 9.99 Å². The summed E-state index contributed by atoms with van der Waals surface area (Å²) in [5.74, 6) is 7.14. The van der Waals surface area contributed by atoms with Crippen molar-refractivity contribution in [2.75, 3.05) is 5.43 Å². The van der Waals surface area contributed by atoms with Crippen LogP contribution in [0, 0.1) is 5.92 Å². The number of nitrogens with one attached hydrogen (secondary N) is 1. The van der Waals surface area contributed by atoms with E-state index in [4.69, 9.17) is 5.84 Å². The summed E-state index contributed by atoms with van der Waals surface area (Å²) in [6.45, 7) is 2.31. The summed E-state index contributed by atoms with van der Waals surface area (Å²) in [6, 6.07) is 0. The van der Waals surface area contributed by atoms with Gasteiger partial charge < -0.3 is 0 Å². The van der Waals surface area contributed by atoms with Gasteiger partial charge in [-0.15, -0.1) is 0 Å². The first-order chi connectivity index (χ1) is 10.2. The third-order valence-corrected chi connectivity index (χ3v) is 4.78. The molecule has 2 aromatic heterocycles. The molecule has 1 aliphatic rings. The van der Waals surface area contributed by atoms with Gasteiger partial charge in [0.2, 0.25) is 11.9 Å². The van der Waals surface area contributed by atoms with Gasteiger partial charge in [0.05, 0.1) is 0 Å². The van der Waals surface area contributed by atoms with Gasteiger partial charge in [-0.2, -0.15) is 15.0 Å². The number of anilines is 1. The summed E-state index contributed by atoms with van der Waals surface area (Å²) in [5.41, 5.74) is 2.51. The largest absolute Gasteiger partial charge is 0.292 e. The van der Waals surface area contributed by atoms with E-state index >= 15 is 0 Å². The van der Waals surface area contributed by atoms with E-state index in [0.29, 0.717) is 22.3 Å². The minimum atomic E-state index is 0.375. The zero-order valence-corrected chi connectivity index (χ0v) is 12.8. The zero-order valence-electron chi connectivity index (χ0n) is 11.9. The van der Waals surface area contributed by atoms with Crippen LogP contribution in [0.3, 0.4) is 0 Å². The summed E-state index contributed by atoms with van der Waals surface area (Å²) in [4.78, 5) is 17.1. The molecule has 2 aromatic rings. The maximum Gasteiger partial charge on any atom is 0.242 e. The maximum absolute atomic E-state index is 5.46. The molecular weight excluding hydrogens is 286 g/mol. The van der Waals surface area contributed by atoms with E-state index in [1.807, 2.05) is 0 Å². The highest BCUT2D eigenvalue weighted by molar-refractivity contribution is 7.99. The van der Waals surface area contributed by atoms with E-state index in [1.54, 1.807) is 35.0 Å². The third-order valence-electron chi connectivity index (χ3n) is 3.63. The Kier molecular flexibility index (Phi) is 4.35. The van der Waals surface area contributed by atoms with Gasteiger partial charge in [0, 0.05) is 17.6 Å². The smallest absolute Gasteiger partial charge is 0.242 e. The van der Waals surface area contributed by atoms with E-state index in [2.05, 4.69) is 32.3 Å². The Balaban J connectivity index is 1.82. The zero-order chi connectivity index (χ0) is 14.7. The van der Waals surface area contributed by atoms with Crippen LogP contribution in [0.25, 0.3) is 5.95 Å². The molecule has 21 heavy (non-hydrogen) atoms. The highest BCUT2D eigenvalue weighted by atomic mass is 32.2. The number of rotatable bonds is 4. The lowest BCUT2D eigenvalue weighted by atomic mass is 9.91. The molecule has 1 aliphatic carbocycles. The quantitative estimate of drug-likeness (QED) is 0.659. The first-order valence-electron chi connectivity index (χ1n) is 7.12. The molecule has 0 bridgehead atoms. The van der Waals surface area contributed by atoms with Crippen LogP contribution < -0.4 is 11.3 Å². The normalized spacial score (nSPS) is 22.2. The van der Waals surface area contributed by atoms with Crippen LogP contribution in [0.5, 0.6) is 0 Å². The van der Waals surface area contributed by atoms with Crippen LogP contribution >= 0.6 is 11.8 Å². The van der Waals surface area contributed by atoms with E-state index in [9.17, 15) is 0 Å². The average molecular weight is 305 g/mol. The second-order valence-electron chi connectivity index (χ2n) is 5.37. The van der Waals surface area contributed by atoms with Crippen molar-refractivity contribution in [3.63, 3.8) is 0 Å². The number of nitrogen functional groups attached to an aromatic ring is 1. The van der Waals surface area contributed by atoms with Crippen LogP contribution in [-0.4, -0.2) is 29.8 Å². The predicted octanol–water partition coefficient (Wildman–Crippen LogP) is 2.01. The van der Waals surface area contributed by atoms with Gasteiger partial charge in [0.25, 0.3) is 0 Å². The first kappa shape index (κ1) is 14.3. The van der Waals surface area contributed by atoms with Crippen molar-refractivity contribution in [3.05, 3.63) is 18.7 Å². The molecule has 0 aromatic carbocycles. The Morgan fingerprint density at radius 1 is 1.33 bits per heavy atom. The summed E-state index contributed by atoms with van der Waals surface area (Å²) in [6.07, 6.45) is 10.2. The second kappa shape index (κ2) is 6.40. The number of aromatic nitrogens is 5. The van der Waals surface area contributed by atoms with Crippen LogP contribution in [0.4, 0.5) is 5.95 Å². The van der Waals surface area contributed by atoms with Crippen LogP contribution in [0.2, 0.25) is 0 Å². The fourth-order valence-electron chi connectivity index (χ4n) is 2.59. The molecule has 2 heterocycles. The van der Waals surface area contributed by atoms with Gasteiger partial charge in [-0.1, -0.05) is 31.5 Å². The van der Waals surface area contributed by atoms with Gasteiger partial charge in [-0.25, -0.2) is 10.8 Å². The molecule has 0 aliphatic heterocycles. The van der Waals surface area contributed by atoms with Gasteiger partial charge in [0.1, 0.15) is 6.33 Å². The van der Waals surface area contributed by atoms with Gasteiger partial charge in [-0.05, 0) is 18.8 Å². The Hall–Kier alpha value is -1.67. The summed E-state index contributed by atoms with van der Waals surface area (Å²) < 4.78 is 1.75. The molecule has 2 unspecified atom stereocenters. The Bertz CT molecular complexity index is 586. The minimum absolute atomic E-state index is 0.375. The molecule has 3 rings (SSSR count). The molecule has 0 amide bonds. The Morgan fingerprint density at radius 3 is 2.95 bits per heavy atom. The SMILES string of the molecule is CC1CCCC(Sc2nc(NN)nc(-n3ccnc3)n2)C1. The van der Waals surface area contributed by atoms with Crippen molar-refractivity contribution < 1.29 is 0 Å². The Labute approximate surface area is 127 Å². The topological polar surface area (TPSA) is 94.5 Å². The summed E-state index contributed by atoms with van der Waals surface area (Å²) in [5, 5.41) is 1.28. The van der Waals surface area contributed by atoms with Crippen molar-refractivity contribution in [1.29, 1.82) is 0 Å². The second-order valence-corrected chi connectivity index (χ2v) is 6.64. The number of thioether (sulfide) groups is 1. The number of imidazole rings is 1. The van der Waals surface area contributed by atoms with Crippen molar-refractivity contribution in [1.82, 2.24) is 24.5 Å². The number of hydrogen-bond acceptors (Lipinski definition) is 7. The lowest BCUT2D eigenvalue weighted by molar-refractivity contribution is 0.394. The number of hydrazine groups is 1. The monoisotopic (exact) mass is 305 g/mol. The standard InChI is InChI=1S/C13H19N7S/c1-9-3-2-4-10(7-9)21-13-17-11(19-14)16-12(18-13)20-6-5-15-8-20/h5-6,8-10H,2-4,7,14H2,1H3,(H,16,17,18,19). The predicted molar refractivity (Wildman–Crippen MR) is 82.0 cm³/mol. The van der Waals surface area contributed by atoms with Crippen molar-refractivity contribution >= 4 is 17.7 Å². The number of nitrogens with zero attached hydrogens (tertiary/aromatic N) is 5. The molecule has 0 saturated heterocycles. The molecule has 112 valence electrons. The van der Waals surface area contributed by atoms with E-state index < -0.39 is 0 Å². The molecule has 7 nitrogen and oxygen atoms in total. The average Bonchev–Trinajstić information content (AvgIpc) is 3.01. The van der Waals surface area contributed by atoms with Crippen LogP contribution in [-0.2, 0) is 0 Å². The van der Waals surface area contributed by atoms with Crippen molar-refractivity contribution in [2.24, 2.45) is 11.8 Å².